The zero-order chi connectivity index (χ0) is 12.1. The van der Waals surface area contributed by atoms with E-state index in [0.29, 0.717) is 32.8 Å². The van der Waals surface area contributed by atoms with Gasteiger partial charge < -0.3 is 15.0 Å². The molecule has 1 saturated heterocycles. The van der Waals surface area contributed by atoms with Gasteiger partial charge in [-0.3, -0.25) is 4.98 Å². The van der Waals surface area contributed by atoms with E-state index in [1.54, 1.807) is 4.90 Å². The number of morpholine rings is 1. The van der Waals surface area contributed by atoms with E-state index in [0.717, 1.165) is 11.4 Å². The van der Waals surface area contributed by atoms with Crippen molar-refractivity contribution in [3.63, 3.8) is 0 Å². The first-order valence-corrected chi connectivity index (χ1v) is 5.79. The van der Waals surface area contributed by atoms with Crippen LogP contribution in [-0.2, 0) is 11.3 Å². The third kappa shape index (κ3) is 3.42. The normalized spacial score (nSPS) is 15.7. The monoisotopic (exact) mass is 235 g/mol. The Morgan fingerprint density at radius 1 is 1.47 bits per heavy atom. The van der Waals surface area contributed by atoms with Crippen molar-refractivity contribution >= 4 is 6.03 Å². The second-order valence-electron chi connectivity index (χ2n) is 4.03. The maximum absolute atomic E-state index is 11.8. The smallest absolute Gasteiger partial charge is 0.317 e. The van der Waals surface area contributed by atoms with Gasteiger partial charge in [0.15, 0.2) is 0 Å². The summed E-state index contributed by atoms with van der Waals surface area (Å²) >= 11 is 0. The van der Waals surface area contributed by atoms with Gasteiger partial charge in [-0.15, -0.1) is 0 Å². The lowest BCUT2D eigenvalue weighted by Crippen LogP contribution is -2.45. The first-order valence-electron chi connectivity index (χ1n) is 5.79. The van der Waals surface area contributed by atoms with Crippen LogP contribution in [0.2, 0.25) is 0 Å². The van der Waals surface area contributed by atoms with Crippen LogP contribution in [0.3, 0.4) is 0 Å². The van der Waals surface area contributed by atoms with Gasteiger partial charge in [-0.1, -0.05) is 6.07 Å². The summed E-state index contributed by atoms with van der Waals surface area (Å²) in [5.41, 5.74) is 1.84. The molecule has 5 nitrogen and oxygen atoms in total. The van der Waals surface area contributed by atoms with E-state index in [4.69, 9.17) is 4.74 Å². The van der Waals surface area contributed by atoms with Gasteiger partial charge in [0.25, 0.3) is 0 Å². The van der Waals surface area contributed by atoms with Crippen molar-refractivity contribution in [1.29, 1.82) is 0 Å². The molecule has 1 aromatic heterocycles. The molecule has 0 atom stereocenters. The number of carbonyl (C=O) groups excluding carboxylic acids is 1. The molecule has 0 unspecified atom stereocenters. The molecule has 17 heavy (non-hydrogen) atoms. The molecule has 92 valence electrons. The quantitative estimate of drug-likeness (QED) is 0.829. The van der Waals surface area contributed by atoms with Crippen molar-refractivity contribution in [2.24, 2.45) is 0 Å². The summed E-state index contributed by atoms with van der Waals surface area (Å²) in [4.78, 5) is 17.9. The molecule has 0 saturated carbocycles. The largest absolute Gasteiger partial charge is 0.378 e. The Morgan fingerprint density at radius 2 is 2.24 bits per heavy atom. The zero-order valence-corrected chi connectivity index (χ0v) is 9.98. The minimum atomic E-state index is -0.0448. The van der Waals surface area contributed by atoms with Gasteiger partial charge in [-0.25, -0.2) is 4.79 Å². The molecule has 1 aliphatic rings. The highest BCUT2D eigenvalue weighted by atomic mass is 16.5. The average molecular weight is 235 g/mol. The Balaban J connectivity index is 1.83. The second kappa shape index (κ2) is 5.63. The van der Waals surface area contributed by atoms with E-state index in [-0.39, 0.29) is 6.03 Å². The molecule has 1 fully saturated rings. The highest BCUT2D eigenvalue weighted by Crippen LogP contribution is 2.00. The number of hydrogen-bond donors (Lipinski definition) is 1. The summed E-state index contributed by atoms with van der Waals surface area (Å²) in [5, 5.41) is 2.86. The van der Waals surface area contributed by atoms with Gasteiger partial charge in [-0.05, 0) is 19.1 Å². The fraction of sp³-hybridized carbons (Fsp3) is 0.500. The van der Waals surface area contributed by atoms with E-state index in [1.165, 1.54) is 0 Å². The van der Waals surface area contributed by atoms with Gasteiger partial charge in [0.05, 0.1) is 25.5 Å². The van der Waals surface area contributed by atoms with Crippen LogP contribution >= 0.6 is 0 Å². The van der Waals surface area contributed by atoms with Crippen LogP contribution in [0, 0.1) is 6.92 Å². The molecule has 0 bridgehead atoms. The summed E-state index contributed by atoms with van der Waals surface area (Å²) in [7, 11) is 0. The molecular formula is C12H17N3O2. The predicted molar refractivity (Wildman–Crippen MR) is 63.6 cm³/mol. The number of pyridine rings is 1. The molecule has 0 radical (unpaired) electrons. The third-order valence-electron chi connectivity index (χ3n) is 2.67. The number of aryl methyl sites for hydroxylation is 1. The minimum Gasteiger partial charge on any atom is -0.378 e. The lowest BCUT2D eigenvalue weighted by atomic mass is 10.3. The first-order chi connectivity index (χ1) is 8.25. The van der Waals surface area contributed by atoms with Gasteiger partial charge in [0, 0.05) is 18.8 Å². The van der Waals surface area contributed by atoms with Crippen LogP contribution in [0.5, 0.6) is 0 Å². The van der Waals surface area contributed by atoms with Crippen molar-refractivity contribution in [1.82, 2.24) is 15.2 Å². The van der Waals surface area contributed by atoms with Gasteiger partial charge in [-0.2, -0.15) is 0 Å². The standard InChI is InChI=1S/C12H17N3O2/c1-10-3-2-4-11(14-10)9-13-12(16)15-5-7-17-8-6-15/h2-4H,5-9H2,1H3,(H,13,16). The topological polar surface area (TPSA) is 54.5 Å². The molecule has 1 aliphatic heterocycles. The number of aromatic nitrogens is 1. The van der Waals surface area contributed by atoms with Gasteiger partial charge in [0.1, 0.15) is 0 Å². The lowest BCUT2D eigenvalue weighted by molar-refractivity contribution is 0.0531. The van der Waals surface area contributed by atoms with Gasteiger partial charge in [0.2, 0.25) is 0 Å². The zero-order valence-electron chi connectivity index (χ0n) is 9.98. The Labute approximate surface area is 101 Å². The van der Waals surface area contributed by atoms with E-state index >= 15 is 0 Å². The van der Waals surface area contributed by atoms with Crippen LogP contribution in [-0.4, -0.2) is 42.2 Å². The summed E-state index contributed by atoms with van der Waals surface area (Å²) in [6.07, 6.45) is 0. The Hall–Kier alpha value is -1.62. The Bertz CT molecular complexity index is 389. The number of urea groups is 1. The number of nitrogens with zero attached hydrogens (tertiary/aromatic N) is 2. The summed E-state index contributed by atoms with van der Waals surface area (Å²) in [6.45, 7) is 4.97. The van der Waals surface area contributed by atoms with Crippen LogP contribution < -0.4 is 5.32 Å². The predicted octanol–water partition coefficient (Wildman–Crippen LogP) is 0.932. The second-order valence-corrected chi connectivity index (χ2v) is 4.03. The molecule has 5 heteroatoms. The van der Waals surface area contributed by atoms with Crippen molar-refractivity contribution in [2.45, 2.75) is 13.5 Å². The average Bonchev–Trinajstić information content (AvgIpc) is 2.37. The van der Waals surface area contributed by atoms with Crippen molar-refractivity contribution in [2.75, 3.05) is 26.3 Å². The highest BCUT2D eigenvalue weighted by Gasteiger charge is 2.16. The van der Waals surface area contributed by atoms with Crippen LogP contribution in [0.15, 0.2) is 18.2 Å². The number of hydrogen-bond acceptors (Lipinski definition) is 3. The van der Waals surface area contributed by atoms with Crippen LogP contribution in [0.1, 0.15) is 11.4 Å². The molecule has 0 spiro atoms. The van der Waals surface area contributed by atoms with E-state index < -0.39 is 0 Å². The van der Waals surface area contributed by atoms with E-state index in [1.807, 2.05) is 25.1 Å². The SMILES string of the molecule is Cc1cccc(CNC(=O)N2CCOCC2)n1. The van der Waals surface area contributed by atoms with E-state index in [2.05, 4.69) is 10.3 Å². The third-order valence-corrected chi connectivity index (χ3v) is 2.67. The van der Waals surface area contributed by atoms with Crippen molar-refractivity contribution < 1.29 is 9.53 Å². The van der Waals surface area contributed by atoms with Crippen LogP contribution in [0.25, 0.3) is 0 Å². The van der Waals surface area contributed by atoms with E-state index in [9.17, 15) is 4.79 Å². The molecule has 2 heterocycles. The summed E-state index contributed by atoms with van der Waals surface area (Å²) in [6, 6.07) is 5.75. The first kappa shape index (κ1) is 11.9. The number of ether oxygens (including phenoxy) is 1. The minimum absolute atomic E-state index is 0.0448. The maximum Gasteiger partial charge on any atom is 0.317 e. The Morgan fingerprint density at radius 3 is 2.94 bits per heavy atom. The lowest BCUT2D eigenvalue weighted by Gasteiger charge is -2.26. The molecule has 1 aromatic rings. The fourth-order valence-corrected chi connectivity index (χ4v) is 1.74. The molecule has 0 aliphatic carbocycles. The molecule has 2 rings (SSSR count). The molecular weight excluding hydrogens is 218 g/mol. The van der Waals surface area contributed by atoms with Crippen molar-refractivity contribution in [3.8, 4) is 0 Å². The number of carbonyl (C=O) groups is 1. The van der Waals surface area contributed by atoms with Gasteiger partial charge >= 0.3 is 6.03 Å². The number of nitrogens with one attached hydrogen (secondary N) is 1. The number of amides is 2. The summed E-state index contributed by atoms with van der Waals surface area (Å²) in [5.74, 6) is 0. The highest BCUT2D eigenvalue weighted by molar-refractivity contribution is 5.74. The fourth-order valence-electron chi connectivity index (χ4n) is 1.74. The van der Waals surface area contributed by atoms with Crippen molar-refractivity contribution in [3.05, 3.63) is 29.6 Å². The van der Waals surface area contributed by atoms with Crippen LogP contribution in [0.4, 0.5) is 4.79 Å². The number of rotatable bonds is 2. The molecule has 2 amide bonds. The molecule has 1 N–H and O–H groups in total. The summed E-state index contributed by atoms with van der Waals surface area (Å²) < 4.78 is 5.19. The molecule has 0 aromatic carbocycles. The Kier molecular flexibility index (Phi) is 3.93. The maximum atomic E-state index is 11.8.